The van der Waals surface area contributed by atoms with Gasteiger partial charge in [-0.15, -0.1) is 0 Å². The average molecular weight is 271 g/mol. The first-order valence-electron chi connectivity index (χ1n) is 6.60. The number of nitro benzene ring substituents is 1. The maximum Gasteiger partial charge on any atom is 0.272 e. The van der Waals surface area contributed by atoms with Crippen molar-refractivity contribution in [3.63, 3.8) is 0 Å². The Balaban J connectivity index is 1.75. The highest BCUT2D eigenvalue weighted by molar-refractivity contribution is 5.39. The number of para-hydroxylation sites is 1. The Morgan fingerprint density at radius 1 is 1.05 bits per heavy atom. The van der Waals surface area contributed by atoms with Gasteiger partial charge >= 0.3 is 0 Å². The minimum atomic E-state index is -0.330. The highest BCUT2D eigenvalue weighted by atomic mass is 16.6. The molecule has 0 spiro atoms. The van der Waals surface area contributed by atoms with Crippen molar-refractivity contribution in [3.8, 4) is 0 Å². The monoisotopic (exact) mass is 271 g/mol. The third kappa shape index (κ3) is 4.13. The lowest BCUT2D eigenvalue weighted by Gasteiger charge is -2.05. The molecule has 0 aliphatic carbocycles. The van der Waals surface area contributed by atoms with E-state index < -0.39 is 0 Å². The van der Waals surface area contributed by atoms with Gasteiger partial charge in [0, 0.05) is 36.5 Å². The van der Waals surface area contributed by atoms with Crippen molar-refractivity contribution < 1.29 is 4.92 Å². The highest BCUT2D eigenvalue weighted by Crippen LogP contribution is 2.17. The van der Waals surface area contributed by atoms with Gasteiger partial charge < -0.3 is 5.32 Å². The quantitative estimate of drug-likeness (QED) is 0.477. The van der Waals surface area contributed by atoms with Gasteiger partial charge in [-0.1, -0.05) is 24.3 Å². The summed E-state index contributed by atoms with van der Waals surface area (Å²) in [4.78, 5) is 14.8. The first-order chi connectivity index (χ1) is 9.77. The van der Waals surface area contributed by atoms with Gasteiger partial charge in [0.15, 0.2) is 0 Å². The number of rotatable bonds is 7. The van der Waals surface area contributed by atoms with Crippen LogP contribution in [0, 0.1) is 10.1 Å². The number of nitrogens with one attached hydrogen (secondary N) is 1. The largest absolute Gasteiger partial charge is 0.316 e. The number of nitro groups is 1. The maximum absolute atomic E-state index is 10.9. The van der Waals surface area contributed by atoms with Crippen molar-refractivity contribution in [3.05, 3.63) is 70.0 Å². The van der Waals surface area contributed by atoms with E-state index in [1.807, 2.05) is 24.3 Å². The van der Waals surface area contributed by atoms with Crippen LogP contribution < -0.4 is 5.32 Å². The summed E-state index contributed by atoms with van der Waals surface area (Å²) in [5.74, 6) is 0. The molecule has 1 aromatic heterocycles. The minimum absolute atomic E-state index is 0.194. The second-order valence-corrected chi connectivity index (χ2v) is 4.46. The van der Waals surface area contributed by atoms with Crippen molar-refractivity contribution >= 4 is 5.69 Å². The fourth-order valence-corrected chi connectivity index (χ4v) is 2.01. The van der Waals surface area contributed by atoms with E-state index in [1.54, 1.807) is 24.4 Å². The zero-order valence-corrected chi connectivity index (χ0v) is 11.2. The van der Waals surface area contributed by atoms with E-state index in [4.69, 9.17) is 0 Å². The fraction of sp³-hybridized carbons (Fsp3) is 0.267. The number of pyridine rings is 1. The van der Waals surface area contributed by atoms with E-state index in [9.17, 15) is 10.1 Å². The molecule has 0 atom stereocenters. The summed E-state index contributed by atoms with van der Waals surface area (Å²) in [6, 6.07) is 12.7. The molecule has 0 bridgehead atoms. The molecule has 0 saturated heterocycles. The Hall–Kier alpha value is -2.27. The van der Waals surface area contributed by atoms with E-state index in [2.05, 4.69) is 10.3 Å². The molecule has 1 aromatic carbocycles. The van der Waals surface area contributed by atoms with Gasteiger partial charge in [-0.05, 0) is 25.1 Å². The lowest BCUT2D eigenvalue weighted by Crippen LogP contribution is -2.20. The number of aromatic nitrogens is 1. The smallest absolute Gasteiger partial charge is 0.272 e. The molecule has 5 nitrogen and oxygen atoms in total. The molecule has 1 heterocycles. The zero-order chi connectivity index (χ0) is 14.2. The topological polar surface area (TPSA) is 68.1 Å². The average Bonchev–Trinajstić information content (AvgIpc) is 2.48. The maximum atomic E-state index is 10.9. The van der Waals surface area contributed by atoms with Gasteiger partial charge in [-0.25, -0.2) is 0 Å². The molecule has 2 rings (SSSR count). The van der Waals surface area contributed by atoms with Crippen LogP contribution in [-0.2, 0) is 12.8 Å². The molecule has 0 aliphatic heterocycles. The van der Waals surface area contributed by atoms with Crippen LogP contribution in [0.1, 0.15) is 11.3 Å². The molecule has 104 valence electrons. The molecule has 0 radical (unpaired) electrons. The zero-order valence-electron chi connectivity index (χ0n) is 11.2. The minimum Gasteiger partial charge on any atom is -0.316 e. The predicted octanol–water partition coefficient (Wildman–Crippen LogP) is 2.36. The lowest BCUT2D eigenvalue weighted by atomic mass is 10.1. The van der Waals surface area contributed by atoms with Crippen LogP contribution in [0.3, 0.4) is 0 Å². The summed E-state index contributed by atoms with van der Waals surface area (Å²) < 4.78 is 0. The second kappa shape index (κ2) is 7.35. The Bertz CT molecular complexity index is 558. The van der Waals surface area contributed by atoms with E-state index in [0.29, 0.717) is 6.42 Å². The summed E-state index contributed by atoms with van der Waals surface area (Å²) in [5, 5.41) is 14.2. The normalized spacial score (nSPS) is 10.4. The summed E-state index contributed by atoms with van der Waals surface area (Å²) in [5.41, 5.74) is 2.01. The molecule has 0 aliphatic rings. The molecule has 20 heavy (non-hydrogen) atoms. The number of nitrogens with zero attached hydrogens (tertiary/aromatic N) is 2. The van der Waals surface area contributed by atoms with Gasteiger partial charge in [0.2, 0.25) is 0 Å². The van der Waals surface area contributed by atoms with E-state index in [1.165, 1.54) is 0 Å². The van der Waals surface area contributed by atoms with E-state index >= 15 is 0 Å². The van der Waals surface area contributed by atoms with Crippen LogP contribution in [0.25, 0.3) is 0 Å². The van der Waals surface area contributed by atoms with Crippen LogP contribution in [0.2, 0.25) is 0 Å². The Labute approximate surface area is 117 Å². The van der Waals surface area contributed by atoms with Crippen LogP contribution in [0.15, 0.2) is 48.7 Å². The van der Waals surface area contributed by atoms with Gasteiger partial charge in [0.25, 0.3) is 5.69 Å². The summed E-state index contributed by atoms with van der Waals surface area (Å²) in [6.07, 6.45) is 3.29. The predicted molar refractivity (Wildman–Crippen MR) is 77.6 cm³/mol. The van der Waals surface area contributed by atoms with Crippen molar-refractivity contribution in [2.45, 2.75) is 12.8 Å². The molecule has 0 saturated carbocycles. The fourth-order valence-electron chi connectivity index (χ4n) is 2.01. The highest BCUT2D eigenvalue weighted by Gasteiger charge is 2.11. The van der Waals surface area contributed by atoms with E-state index in [-0.39, 0.29) is 10.6 Å². The van der Waals surface area contributed by atoms with E-state index in [0.717, 1.165) is 30.8 Å². The Morgan fingerprint density at radius 3 is 2.55 bits per heavy atom. The van der Waals surface area contributed by atoms with Crippen molar-refractivity contribution in [1.29, 1.82) is 0 Å². The van der Waals surface area contributed by atoms with Crippen LogP contribution in [0.5, 0.6) is 0 Å². The lowest BCUT2D eigenvalue weighted by molar-refractivity contribution is -0.385. The van der Waals surface area contributed by atoms with Gasteiger partial charge in [0.05, 0.1) is 4.92 Å². The molecule has 0 amide bonds. The number of hydrogen-bond acceptors (Lipinski definition) is 4. The molecule has 2 aromatic rings. The Kier molecular flexibility index (Phi) is 5.20. The number of benzene rings is 1. The first kappa shape index (κ1) is 14.1. The van der Waals surface area contributed by atoms with Gasteiger partial charge in [-0.3, -0.25) is 15.1 Å². The molecule has 0 fully saturated rings. The van der Waals surface area contributed by atoms with Crippen LogP contribution >= 0.6 is 0 Å². The van der Waals surface area contributed by atoms with Gasteiger partial charge in [-0.2, -0.15) is 0 Å². The SMILES string of the molecule is O=[N+]([O-])c1ccccc1CCNCCc1ccccn1. The summed E-state index contributed by atoms with van der Waals surface area (Å²) in [6.45, 7) is 1.54. The number of hydrogen-bond donors (Lipinski definition) is 1. The molecular weight excluding hydrogens is 254 g/mol. The van der Waals surface area contributed by atoms with Gasteiger partial charge in [0.1, 0.15) is 0 Å². The van der Waals surface area contributed by atoms with Crippen molar-refractivity contribution in [2.24, 2.45) is 0 Å². The molecule has 5 heteroatoms. The Morgan fingerprint density at radius 2 is 1.80 bits per heavy atom. The van der Waals surface area contributed by atoms with Crippen molar-refractivity contribution in [2.75, 3.05) is 13.1 Å². The second-order valence-electron chi connectivity index (χ2n) is 4.46. The standard InChI is InChI=1S/C15H17N3O2/c19-18(20)15-7-2-1-5-13(15)8-11-16-12-9-14-6-3-4-10-17-14/h1-7,10,16H,8-9,11-12H2. The van der Waals surface area contributed by atoms with Crippen LogP contribution in [0.4, 0.5) is 5.69 Å². The third-order valence-corrected chi connectivity index (χ3v) is 3.04. The third-order valence-electron chi connectivity index (χ3n) is 3.04. The summed E-state index contributed by atoms with van der Waals surface area (Å²) in [7, 11) is 0. The first-order valence-corrected chi connectivity index (χ1v) is 6.60. The van der Waals surface area contributed by atoms with Crippen molar-refractivity contribution in [1.82, 2.24) is 10.3 Å². The molecule has 0 unspecified atom stereocenters. The molecular formula is C15H17N3O2. The molecule has 1 N–H and O–H groups in total. The summed E-state index contributed by atoms with van der Waals surface area (Å²) >= 11 is 0. The van der Waals surface area contributed by atoms with Crippen LogP contribution in [-0.4, -0.2) is 23.0 Å².